The van der Waals surface area contributed by atoms with Gasteiger partial charge in [-0.05, 0) is 76.1 Å². The molecule has 0 spiro atoms. The molecule has 1 aromatic carbocycles. The van der Waals surface area contributed by atoms with Gasteiger partial charge in [0.1, 0.15) is 28.6 Å². The van der Waals surface area contributed by atoms with Crippen molar-refractivity contribution in [2.75, 3.05) is 18.5 Å². The number of anilines is 2. The molecule has 0 bridgehead atoms. The lowest BCUT2D eigenvalue weighted by molar-refractivity contribution is -0.123. The summed E-state index contributed by atoms with van der Waals surface area (Å²) in [6.45, 7) is 5.46. The second kappa shape index (κ2) is 11.5. The van der Waals surface area contributed by atoms with Crippen LogP contribution in [0.15, 0.2) is 29.3 Å². The number of benzene rings is 1. The number of aromatic nitrogens is 3. The average Bonchev–Trinajstić information content (AvgIpc) is 3.45. The fourth-order valence-electron chi connectivity index (χ4n) is 4.82. The molecule has 3 aromatic heterocycles. The molecule has 2 amide bonds. The van der Waals surface area contributed by atoms with Crippen LogP contribution in [-0.4, -0.2) is 56.9 Å². The Hall–Kier alpha value is -3.55. The Kier molecular flexibility index (Phi) is 8.06. The number of thiophene rings is 1. The highest BCUT2D eigenvalue weighted by Crippen LogP contribution is 2.40. The molecule has 1 unspecified atom stereocenters. The van der Waals surface area contributed by atoms with Crippen molar-refractivity contribution < 1.29 is 19.4 Å². The zero-order valence-electron chi connectivity index (χ0n) is 22.5. The molecule has 0 saturated heterocycles. The average molecular weight is 585 g/mol. The molecule has 11 nitrogen and oxygen atoms in total. The van der Waals surface area contributed by atoms with E-state index in [9.17, 15) is 19.5 Å². The third-order valence-corrected chi connectivity index (χ3v) is 8.63. The first-order valence-electron chi connectivity index (χ1n) is 13.1. The van der Waals surface area contributed by atoms with E-state index in [1.807, 2.05) is 18.2 Å². The van der Waals surface area contributed by atoms with Crippen molar-refractivity contribution in [3.63, 3.8) is 0 Å². The van der Waals surface area contributed by atoms with E-state index in [1.54, 1.807) is 38.4 Å². The number of hydrogen-bond donors (Lipinski definition) is 5. The predicted molar refractivity (Wildman–Crippen MR) is 157 cm³/mol. The first-order valence-corrected chi connectivity index (χ1v) is 14.8. The number of nitrogens with one attached hydrogen (secondary N) is 4. The van der Waals surface area contributed by atoms with Crippen molar-refractivity contribution in [3.8, 4) is 0 Å². The fraction of sp³-hybridized carbons (Fsp3) is 0.444. The number of alkyl carbamates (subject to hydrolysis) is 1. The summed E-state index contributed by atoms with van der Waals surface area (Å²) < 4.78 is 6.13. The van der Waals surface area contributed by atoms with E-state index in [0.29, 0.717) is 6.54 Å². The van der Waals surface area contributed by atoms with Gasteiger partial charge < -0.3 is 30.8 Å². The Morgan fingerprint density at radius 2 is 2.08 bits per heavy atom. The third kappa shape index (κ3) is 6.43. The number of ether oxygens (including phenoxy) is 1. The fourth-order valence-corrected chi connectivity index (χ4v) is 6.90. The largest absolute Gasteiger partial charge is 0.444 e. The number of carbonyl (C=O) groups is 2. The van der Waals surface area contributed by atoms with Crippen molar-refractivity contribution in [1.82, 2.24) is 25.6 Å². The predicted octanol–water partition coefficient (Wildman–Crippen LogP) is 3.83. The minimum Gasteiger partial charge on any atom is -0.444 e. The Labute approximate surface area is 238 Å². The Morgan fingerprint density at radius 1 is 1.25 bits per heavy atom. The van der Waals surface area contributed by atoms with Crippen molar-refractivity contribution in [3.05, 3.63) is 44.6 Å². The summed E-state index contributed by atoms with van der Waals surface area (Å²) in [7, 11) is 0. The quantitative estimate of drug-likeness (QED) is 0.209. The number of aromatic amines is 1. The summed E-state index contributed by atoms with van der Waals surface area (Å²) in [6, 6.07) is 4.85. The highest BCUT2D eigenvalue weighted by Gasteiger charge is 2.28. The molecule has 2 atom stereocenters. The van der Waals surface area contributed by atoms with E-state index in [1.165, 1.54) is 21.8 Å². The highest BCUT2D eigenvalue weighted by molar-refractivity contribution is 7.19. The summed E-state index contributed by atoms with van der Waals surface area (Å²) >= 11 is 2.81. The number of aliphatic hydroxyl groups excluding tert-OH is 1. The van der Waals surface area contributed by atoms with Gasteiger partial charge in [-0.25, -0.2) is 14.8 Å². The van der Waals surface area contributed by atoms with Crippen LogP contribution < -0.4 is 20.8 Å². The second-order valence-electron chi connectivity index (χ2n) is 10.8. The first-order chi connectivity index (χ1) is 19.1. The molecule has 0 saturated carbocycles. The maximum Gasteiger partial charge on any atom is 0.408 e. The minimum atomic E-state index is -0.876. The maximum atomic E-state index is 12.8. The van der Waals surface area contributed by atoms with Gasteiger partial charge in [-0.1, -0.05) is 11.3 Å². The molecule has 40 heavy (non-hydrogen) atoms. The molecule has 5 rings (SSSR count). The van der Waals surface area contributed by atoms with Gasteiger partial charge >= 0.3 is 11.0 Å². The molecule has 1 aliphatic carbocycles. The summed E-state index contributed by atoms with van der Waals surface area (Å²) in [5.74, 6) is 0.615. The normalized spacial score (nSPS) is 15.9. The van der Waals surface area contributed by atoms with Crippen LogP contribution in [0.2, 0.25) is 0 Å². The zero-order chi connectivity index (χ0) is 28.4. The molecule has 0 fully saturated rings. The number of fused-ring (bicyclic) bond motifs is 4. The lowest BCUT2D eigenvalue weighted by atomic mass is 9.87. The number of H-pyrrole nitrogens is 1. The van der Waals surface area contributed by atoms with E-state index in [0.717, 1.165) is 51.2 Å². The molecule has 5 N–H and O–H groups in total. The number of thiazole rings is 1. The van der Waals surface area contributed by atoms with E-state index in [-0.39, 0.29) is 29.7 Å². The van der Waals surface area contributed by atoms with Crippen LogP contribution in [0.4, 0.5) is 16.3 Å². The Bertz CT molecular complexity index is 1600. The monoisotopic (exact) mass is 584 g/mol. The summed E-state index contributed by atoms with van der Waals surface area (Å²) in [6.07, 6.45) is 3.46. The molecule has 0 radical (unpaired) electrons. The smallest absolute Gasteiger partial charge is 0.408 e. The molecule has 0 aliphatic heterocycles. The van der Waals surface area contributed by atoms with Crippen molar-refractivity contribution in [2.45, 2.75) is 58.1 Å². The first kappa shape index (κ1) is 28.0. The van der Waals surface area contributed by atoms with Crippen LogP contribution in [0.1, 0.15) is 44.1 Å². The topological polar surface area (TPSA) is 158 Å². The van der Waals surface area contributed by atoms with Gasteiger partial charge in [0.05, 0.1) is 15.6 Å². The van der Waals surface area contributed by atoms with Crippen LogP contribution in [-0.2, 0) is 22.4 Å². The van der Waals surface area contributed by atoms with E-state index in [4.69, 9.17) is 4.74 Å². The van der Waals surface area contributed by atoms with Crippen LogP contribution in [0.3, 0.4) is 0 Å². The van der Waals surface area contributed by atoms with Gasteiger partial charge in [0.15, 0.2) is 0 Å². The Balaban J connectivity index is 1.25. The molecular formula is C27H32N6O5S2. The van der Waals surface area contributed by atoms with Crippen molar-refractivity contribution in [2.24, 2.45) is 5.92 Å². The molecule has 3 heterocycles. The molecule has 4 aromatic rings. The standard InChI is InChI=1S/C27H32N6O5S2/c1-27(2,3)38-25(36)32-18(8-9-34)23(35)28-12-14-4-6-16-19(10-14)39-24-21(16)22(29-13-30-24)31-15-5-7-17-20(11-15)40-26(37)33-17/h5,7,11,13-14,18,34H,4,6,8-10,12H2,1-3H3,(H,28,35)(H,32,36)(H,33,37)(H,29,30,31)/t14?,18-/m0/s1. The number of rotatable bonds is 8. The maximum absolute atomic E-state index is 12.8. The van der Waals surface area contributed by atoms with Crippen LogP contribution in [0.5, 0.6) is 0 Å². The van der Waals surface area contributed by atoms with Gasteiger partial charge in [-0.3, -0.25) is 9.59 Å². The lowest BCUT2D eigenvalue weighted by Crippen LogP contribution is -2.49. The van der Waals surface area contributed by atoms with Gasteiger partial charge in [-0.15, -0.1) is 11.3 Å². The van der Waals surface area contributed by atoms with Gasteiger partial charge in [-0.2, -0.15) is 0 Å². The number of aryl methyl sites for hydroxylation is 1. The Morgan fingerprint density at radius 3 is 2.85 bits per heavy atom. The van der Waals surface area contributed by atoms with Crippen LogP contribution in [0.25, 0.3) is 20.4 Å². The number of carbonyl (C=O) groups excluding carboxylic acids is 2. The minimum absolute atomic E-state index is 0.0857. The SMILES string of the molecule is CC(C)(C)OC(=O)N[C@@H](CCO)C(=O)NCC1CCc2c(sc3ncnc(Nc4ccc5[nH]c(=O)sc5c4)c23)C1. The van der Waals surface area contributed by atoms with E-state index in [2.05, 4.69) is 30.9 Å². The van der Waals surface area contributed by atoms with Gasteiger partial charge in [0, 0.05) is 23.7 Å². The summed E-state index contributed by atoms with van der Waals surface area (Å²) in [4.78, 5) is 50.6. The molecular weight excluding hydrogens is 552 g/mol. The second-order valence-corrected chi connectivity index (χ2v) is 12.9. The van der Waals surface area contributed by atoms with Crippen molar-refractivity contribution in [1.29, 1.82) is 0 Å². The van der Waals surface area contributed by atoms with Crippen LogP contribution in [0, 0.1) is 5.92 Å². The van der Waals surface area contributed by atoms with Crippen LogP contribution >= 0.6 is 22.7 Å². The molecule has 1 aliphatic rings. The number of nitrogens with zero attached hydrogens (tertiary/aromatic N) is 2. The number of amides is 2. The number of aliphatic hydroxyl groups is 1. The van der Waals surface area contributed by atoms with E-state index >= 15 is 0 Å². The number of hydrogen-bond acceptors (Lipinski definition) is 10. The van der Waals surface area contributed by atoms with E-state index < -0.39 is 17.7 Å². The molecule has 13 heteroatoms. The van der Waals surface area contributed by atoms with Crippen molar-refractivity contribution >= 4 is 66.6 Å². The third-order valence-electron chi connectivity index (χ3n) is 6.62. The molecule has 212 valence electrons. The highest BCUT2D eigenvalue weighted by atomic mass is 32.1. The summed E-state index contributed by atoms with van der Waals surface area (Å²) in [5, 5.41) is 19.3. The van der Waals surface area contributed by atoms with Gasteiger partial charge in [0.25, 0.3) is 0 Å². The zero-order valence-corrected chi connectivity index (χ0v) is 24.1. The lowest BCUT2D eigenvalue weighted by Gasteiger charge is -2.25. The van der Waals surface area contributed by atoms with Gasteiger partial charge in [0.2, 0.25) is 5.91 Å². The summed E-state index contributed by atoms with van der Waals surface area (Å²) in [5.41, 5.74) is 2.19.